The molecule has 0 saturated heterocycles. The van der Waals surface area contributed by atoms with Gasteiger partial charge in [0.05, 0.1) is 14.7 Å². The third kappa shape index (κ3) is 2.85. The van der Waals surface area contributed by atoms with Crippen LogP contribution >= 0.6 is 11.3 Å². The van der Waals surface area contributed by atoms with Crippen molar-refractivity contribution in [2.75, 3.05) is 0 Å². The first kappa shape index (κ1) is 14.6. The van der Waals surface area contributed by atoms with Gasteiger partial charge in [-0.15, -0.1) is 11.3 Å². The van der Waals surface area contributed by atoms with Crippen LogP contribution in [0.5, 0.6) is 0 Å². The molecular weight excluding hydrogens is 307 g/mol. The summed E-state index contributed by atoms with van der Waals surface area (Å²) in [6, 6.07) is 7.59. The fourth-order valence-electron chi connectivity index (χ4n) is 2.47. The minimum absolute atomic E-state index is 0.0346. The highest BCUT2D eigenvalue weighted by atomic mass is 32.1. The van der Waals surface area contributed by atoms with Gasteiger partial charge in [0.25, 0.3) is 11.6 Å². The molecule has 2 aromatic rings. The van der Waals surface area contributed by atoms with Crippen LogP contribution in [0.15, 0.2) is 30.3 Å². The van der Waals surface area contributed by atoms with Crippen molar-refractivity contribution in [1.29, 1.82) is 0 Å². The molecule has 0 radical (unpaired) electrons. The van der Waals surface area contributed by atoms with E-state index >= 15 is 0 Å². The van der Waals surface area contributed by atoms with E-state index in [-0.39, 0.29) is 29.4 Å². The number of aryl methyl sites for hydroxylation is 1. The summed E-state index contributed by atoms with van der Waals surface area (Å²) in [4.78, 5) is 23.3. The molecule has 1 aliphatic carbocycles. The van der Waals surface area contributed by atoms with Crippen LogP contribution in [0, 0.1) is 22.9 Å². The van der Waals surface area contributed by atoms with Crippen molar-refractivity contribution in [3.05, 3.63) is 61.6 Å². The average molecular weight is 320 g/mol. The number of thiophene rings is 1. The van der Waals surface area contributed by atoms with Gasteiger partial charge in [0, 0.05) is 18.0 Å². The summed E-state index contributed by atoms with van der Waals surface area (Å²) in [5.41, 5.74) is 0.825. The Hall–Kier alpha value is -2.28. The zero-order chi connectivity index (χ0) is 15.9. The average Bonchev–Trinajstić information content (AvgIpc) is 3.10. The second-order valence-electron chi connectivity index (χ2n) is 5.29. The number of rotatable bonds is 4. The second kappa shape index (κ2) is 5.49. The highest BCUT2D eigenvalue weighted by molar-refractivity contribution is 7.14. The molecule has 1 heterocycles. The van der Waals surface area contributed by atoms with Crippen LogP contribution < -0.4 is 5.32 Å². The summed E-state index contributed by atoms with van der Waals surface area (Å²) < 4.78 is 13.2. The first-order valence-electron chi connectivity index (χ1n) is 6.77. The molecular formula is C15H13FN2O3S. The van der Waals surface area contributed by atoms with E-state index in [4.69, 9.17) is 0 Å². The number of hydrogen-bond acceptors (Lipinski definition) is 4. The molecule has 1 amide bonds. The number of nitrogens with one attached hydrogen (secondary N) is 1. The highest BCUT2D eigenvalue weighted by Gasteiger charge is 2.40. The topological polar surface area (TPSA) is 72.2 Å². The predicted octanol–water partition coefficient (Wildman–Crippen LogP) is 3.39. The van der Waals surface area contributed by atoms with E-state index in [1.54, 1.807) is 13.0 Å². The maximum absolute atomic E-state index is 13.2. The fraction of sp³-hybridized carbons (Fsp3) is 0.267. The van der Waals surface area contributed by atoms with Gasteiger partial charge in [0.2, 0.25) is 0 Å². The largest absolute Gasteiger partial charge is 0.348 e. The molecule has 0 unspecified atom stereocenters. The number of nitrogens with zero attached hydrogens (tertiary/aromatic N) is 1. The Bertz CT molecular complexity index is 759. The molecule has 2 atom stereocenters. The second-order valence-corrected chi connectivity index (χ2v) is 6.54. The van der Waals surface area contributed by atoms with Crippen molar-refractivity contribution in [3.8, 4) is 0 Å². The molecule has 22 heavy (non-hydrogen) atoms. The van der Waals surface area contributed by atoms with Crippen molar-refractivity contribution >= 4 is 22.9 Å². The van der Waals surface area contributed by atoms with E-state index < -0.39 is 4.92 Å². The van der Waals surface area contributed by atoms with E-state index in [1.165, 1.54) is 18.2 Å². The van der Waals surface area contributed by atoms with Crippen molar-refractivity contribution in [2.24, 2.45) is 0 Å². The normalized spacial score (nSPS) is 19.7. The summed E-state index contributed by atoms with van der Waals surface area (Å²) in [7, 11) is 0. The molecule has 1 aromatic carbocycles. The van der Waals surface area contributed by atoms with Crippen LogP contribution in [0.4, 0.5) is 10.1 Å². The minimum Gasteiger partial charge on any atom is -0.348 e. The van der Waals surface area contributed by atoms with Gasteiger partial charge in [0.15, 0.2) is 0 Å². The van der Waals surface area contributed by atoms with Gasteiger partial charge in [-0.3, -0.25) is 14.9 Å². The number of nitro groups is 1. The molecule has 1 N–H and O–H groups in total. The molecule has 114 valence electrons. The highest BCUT2D eigenvalue weighted by Crippen LogP contribution is 2.41. The Balaban J connectivity index is 1.66. The standard InChI is InChI=1S/C15H13FN2O3S/c1-8-13(18(20)21)7-14(22-8)15(19)17-12-6-11(12)9-3-2-4-10(16)5-9/h2-5,7,11-12H,6H2,1H3,(H,17,19)/t11-,12+/m0/s1. The lowest BCUT2D eigenvalue weighted by atomic mass is 10.1. The summed E-state index contributed by atoms with van der Waals surface area (Å²) in [5.74, 6) is -0.500. The van der Waals surface area contributed by atoms with Crippen LogP contribution in [0.3, 0.4) is 0 Å². The van der Waals surface area contributed by atoms with Gasteiger partial charge in [-0.25, -0.2) is 4.39 Å². The lowest BCUT2D eigenvalue weighted by Crippen LogP contribution is -2.25. The lowest BCUT2D eigenvalue weighted by molar-refractivity contribution is -0.385. The predicted molar refractivity (Wildman–Crippen MR) is 80.7 cm³/mol. The Morgan fingerprint density at radius 3 is 2.86 bits per heavy atom. The Morgan fingerprint density at radius 2 is 2.23 bits per heavy atom. The third-order valence-corrected chi connectivity index (χ3v) is 4.73. The Labute approximate surface area is 129 Å². The van der Waals surface area contributed by atoms with Gasteiger partial charge in [-0.2, -0.15) is 0 Å². The Kier molecular flexibility index (Phi) is 3.66. The fourth-order valence-corrected chi connectivity index (χ4v) is 3.36. The van der Waals surface area contributed by atoms with Gasteiger partial charge in [-0.1, -0.05) is 12.1 Å². The van der Waals surface area contributed by atoms with Crippen LogP contribution in [0.2, 0.25) is 0 Å². The van der Waals surface area contributed by atoms with Crippen LogP contribution in [-0.4, -0.2) is 16.9 Å². The summed E-state index contributed by atoms with van der Waals surface area (Å²) >= 11 is 1.11. The third-order valence-electron chi connectivity index (χ3n) is 3.70. The minimum atomic E-state index is -0.491. The number of carbonyl (C=O) groups is 1. The maximum Gasteiger partial charge on any atom is 0.283 e. The smallest absolute Gasteiger partial charge is 0.283 e. The zero-order valence-electron chi connectivity index (χ0n) is 11.7. The summed E-state index contributed by atoms with van der Waals surface area (Å²) in [6.45, 7) is 1.62. The first-order chi connectivity index (χ1) is 10.5. The number of hydrogen-bond donors (Lipinski definition) is 1. The van der Waals surface area contributed by atoms with E-state index in [2.05, 4.69) is 5.32 Å². The summed E-state index contributed by atoms with van der Waals surface area (Å²) in [6.07, 6.45) is 0.752. The van der Waals surface area contributed by atoms with Gasteiger partial charge >= 0.3 is 0 Å². The van der Waals surface area contributed by atoms with Gasteiger partial charge in [-0.05, 0) is 31.0 Å². The van der Waals surface area contributed by atoms with E-state index in [9.17, 15) is 19.3 Å². The van der Waals surface area contributed by atoms with Crippen LogP contribution in [0.25, 0.3) is 0 Å². The van der Waals surface area contributed by atoms with Crippen molar-refractivity contribution in [3.63, 3.8) is 0 Å². The van der Waals surface area contributed by atoms with Crippen molar-refractivity contribution < 1.29 is 14.1 Å². The van der Waals surface area contributed by atoms with E-state index in [0.29, 0.717) is 9.75 Å². The first-order valence-corrected chi connectivity index (χ1v) is 7.58. The molecule has 3 rings (SSSR count). The number of benzene rings is 1. The maximum atomic E-state index is 13.2. The van der Waals surface area contributed by atoms with E-state index in [1.807, 2.05) is 6.07 Å². The van der Waals surface area contributed by atoms with Crippen molar-refractivity contribution in [2.45, 2.75) is 25.3 Å². The monoisotopic (exact) mass is 320 g/mol. The molecule has 0 spiro atoms. The molecule has 0 aliphatic heterocycles. The molecule has 1 saturated carbocycles. The molecule has 7 heteroatoms. The van der Waals surface area contributed by atoms with Gasteiger partial charge < -0.3 is 5.32 Å². The van der Waals surface area contributed by atoms with Crippen LogP contribution in [-0.2, 0) is 0 Å². The lowest BCUT2D eigenvalue weighted by Gasteiger charge is -2.03. The van der Waals surface area contributed by atoms with Gasteiger partial charge in [0.1, 0.15) is 5.82 Å². The number of amides is 1. The molecule has 1 aliphatic rings. The number of halogens is 1. The zero-order valence-corrected chi connectivity index (χ0v) is 12.5. The molecule has 0 bridgehead atoms. The van der Waals surface area contributed by atoms with Crippen LogP contribution in [0.1, 0.15) is 32.5 Å². The Morgan fingerprint density at radius 1 is 1.45 bits per heavy atom. The number of carbonyl (C=O) groups excluding carboxylic acids is 1. The molecule has 1 aromatic heterocycles. The summed E-state index contributed by atoms with van der Waals surface area (Å²) in [5, 5.41) is 13.7. The van der Waals surface area contributed by atoms with E-state index in [0.717, 1.165) is 23.3 Å². The SMILES string of the molecule is Cc1sc(C(=O)N[C@@H]2C[C@H]2c2cccc(F)c2)cc1[N+](=O)[O-]. The van der Waals surface area contributed by atoms with Crippen molar-refractivity contribution in [1.82, 2.24) is 5.32 Å². The quantitative estimate of drug-likeness (QED) is 0.693. The molecule has 5 nitrogen and oxygen atoms in total. The molecule has 1 fully saturated rings.